The second-order valence-electron chi connectivity index (χ2n) is 9.67. The van der Waals surface area contributed by atoms with Gasteiger partial charge in [0.2, 0.25) is 0 Å². The molecule has 39 heavy (non-hydrogen) atoms. The number of aliphatic hydroxyl groups is 2. The van der Waals surface area contributed by atoms with Crippen molar-refractivity contribution in [2.75, 3.05) is 0 Å². The van der Waals surface area contributed by atoms with Crippen LogP contribution in [-0.2, 0) is 9.13 Å². The minimum Gasteiger partial charge on any atom is -0.393 e. The highest BCUT2D eigenvalue weighted by atomic mass is 31.2. The van der Waals surface area contributed by atoms with E-state index in [0.29, 0.717) is 21.2 Å². The Labute approximate surface area is 231 Å². The molecule has 8 heteroatoms. The molecule has 0 heterocycles. The Morgan fingerprint density at radius 1 is 0.487 bits per heavy atom. The molecule has 4 aromatic carbocycles. The first-order chi connectivity index (χ1) is 18.3. The van der Waals surface area contributed by atoms with Crippen LogP contribution in [0.4, 0.5) is 0 Å². The highest BCUT2D eigenvalue weighted by molar-refractivity contribution is 7.73. The molecule has 0 fully saturated rings. The van der Waals surface area contributed by atoms with Gasteiger partial charge in [-0.15, -0.1) is 0 Å². The molecule has 0 saturated carbocycles. The standard InChI is InChI=1S/2C12H11O2P.C7H16O2/c2*13-15(14,11-7-3-1-4-8-11)12-9-5-2-6-10-12;1-5(8)7(3,4)6(2)9/h2*1-10H,(H,13,14);5-6,8-9H,1-4H3. The molecule has 0 aliphatic heterocycles. The Balaban J connectivity index is 0.000000213. The third-order valence-electron chi connectivity index (χ3n) is 6.58. The summed E-state index contributed by atoms with van der Waals surface area (Å²) in [6.45, 7) is 7.05. The van der Waals surface area contributed by atoms with Gasteiger partial charge in [0.25, 0.3) is 14.7 Å². The van der Waals surface area contributed by atoms with Gasteiger partial charge in [-0.05, 0) is 62.4 Å². The Bertz CT molecular complexity index is 1150. The maximum atomic E-state index is 12.2. The predicted octanol–water partition coefficient (Wildman–Crippen LogP) is 4.59. The lowest BCUT2D eigenvalue weighted by Gasteiger charge is -2.30. The molecule has 2 atom stereocenters. The van der Waals surface area contributed by atoms with Crippen molar-refractivity contribution in [3.8, 4) is 0 Å². The molecule has 0 spiro atoms. The number of hydrogen-bond acceptors (Lipinski definition) is 4. The average molecular weight is 569 g/mol. The van der Waals surface area contributed by atoms with Gasteiger partial charge in [0, 0.05) is 26.6 Å². The van der Waals surface area contributed by atoms with Crippen LogP contribution in [-0.4, -0.2) is 32.2 Å². The molecule has 0 radical (unpaired) electrons. The summed E-state index contributed by atoms with van der Waals surface area (Å²) in [6, 6.07) is 34.8. The predicted molar refractivity (Wildman–Crippen MR) is 161 cm³/mol. The molecule has 0 aliphatic carbocycles. The van der Waals surface area contributed by atoms with Crippen LogP contribution >= 0.6 is 14.7 Å². The van der Waals surface area contributed by atoms with Crippen LogP contribution in [0.5, 0.6) is 0 Å². The summed E-state index contributed by atoms with van der Waals surface area (Å²) in [4.78, 5) is 20.0. The zero-order valence-corrected chi connectivity index (χ0v) is 24.5. The molecule has 0 bridgehead atoms. The summed E-state index contributed by atoms with van der Waals surface area (Å²) < 4.78 is 24.3. The van der Waals surface area contributed by atoms with E-state index in [2.05, 4.69) is 0 Å². The van der Waals surface area contributed by atoms with Crippen LogP contribution in [0.25, 0.3) is 0 Å². The Kier molecular flexibility index (Phi) is 12.1. The highest BCUT2D eigenvalue weighted by Gasteiger charge is 2.29. The van der Waals surface area contributed by atoms with E-state index in [-0.39, 0.29) is 5.41 Å². The molecule has 2 unspecified atom stereocenters. The molecule has 0 aliphatic rings. The van der Waals surface area contributed by atoms with Gasteiger partial charge in [0.05, 0.1) is 12.2 Å². The van der Waals surface area contributed by atoms with Gasteiger partial charge in [-0.25, -0.2) is 0 Å². The fraction of sp³-hybridized carbons (Fsp3) is 0.226. The molecule has 4 aromatic rings. The van der Waals surface area contributed by atoms with E-state index in [9.17, 15) is 18.9 Å². The summed E-state index contributed by atoms with van der Waals surface area (Å²) in [7, 11) is -6.79. The van der Waals surface area contributed by atoms with Crippen molar-refractivity contribution in [2.24, 2.45) is 5.41 Å². The van der Waals surface area contributed by atoms with Crippen molar-refractivity contribution >= 4 is 36.0 Å². The molecular weight excluding hydrogens is 530 g/mol. The zero-order chi connectivity index (χ0) is 29.1. The smallest absolute Gasteiger partial charge is 0.258 e. The van der Waals surface area contributed by atoms with Gasteiger partial charge in [-0.3, -0.25) is 9.13 Å². The SMILES string of the molecule is CC(O)C(C)(C)C(C)O.O=P(O)(c1ccccc1)c1ccccc1.O=P(O)(c1ccccc1)c1ccccc1. The van der Waals surface area contributed by atoms with E-state index >= 15 is 0 Å². The van der Waals surface area contributed by atoms with E-state index in [1.165, 1.54) is 0 Å². The molecule has 0 aromatic heterocycles. The average Bonchev–Trinajstić information content (AvgIpc) is 2.95. The summed E-state index contributed by atoms with van der Waals surface area (Å²) in [6.07, 6.45) is -0.921. The molecule has 0 saturated heterocycles. The topological polar surface area (TPSA) is 115 Å². The maximum Gasteiger partial charge on any atom is 0.258 e. The second kappa shape index (κ2) is 14.5. The summed E-state index contributed by atoms with van der Waals surface area (Å²) >= 11 is 0. The van der Waals surface area contributed by atoms with E-state index in [4.69, 9.17) is 10.2 Å². The van der Waals surface area contributed by atoms with Crippen LogP contribution < -0.4 is 21.2 Å². The van der Waals surface area contributed by atoms with Gasteiger partial charge in [0.1, 0.15) is 0 Å². The van der Waals surface area contributed by atoms with E-state index in [1.807, 2.05) is 38.1 Å². The fourth-order valence-electron chi connectivity index (χ4n) is 3.17. The van der Waals surface area contributed by atoms with Gasteiger partial charge < -0.3 is 20.0 Å². The minimum absolute atomic E-state index is 0.389. The van der Waals surface area contributed by atoms with Crippen LogP contribution in [0.2, 0.25) is 0 Å². The van der Waals surface area contributed by atoms with Crippen LogP contribution in [0, 0.1) is 5.41 Å². The summed E-state index contributed by atoms with van der Waals surface area (Å²) in [5, 5.41) is 20.1. The summed E-state index contributed by atoms with van der Waals surface area (Å²) in [5.41, 5.74) is -0.389. The highest BCUT2D eigenvalue weighted by Crippen LogP contribution is 2.38. The molecule has 6 nitrogen and oxygen atoms in total. The van der Waals surface area contributed by atoms with E-state index in [1.54, 1.807) is 111 Å². The van der Waals surface area contributed by atoms with E-state index in [0.717, 1.165) is 0 Å². The normalized spacial score (nSPS) is 13.1. The van der Waals surface area contributed by atoms with Gasteiger partial charge in [-0.2, -0.15) is 0 Å². The number of benzene rings is 4. The summed E-state index contributed by atoms with van der Waals surface area (Å²) in [5.74, 6) is 0. The van der Waals surface area contributed by atoms with Crippen molar-refractivity contribution in [3.05, 3.63) is 121 Å². The van der Waals surface area contributed by atoms with Crippen molar-refractivity contribution in [3.63, 3.8) is 0 Å². The van der Waals surface area contributed by atoms with Gasteiger partial charge >= 0.3 is 0 Å². The Morgan fingerprint density at radius 2 is 0.667 bits per heavy atom. The maximum absolute atomic E-state index is 12.2. The molecule has 4 N–H and O–H groups in total. The third kappa shape index (κ3) is 9.12. The van der Waals surface area contributed by atoms with Crippen LogP contribution in [0.1, 0.15) is 27.7 Å². The minimum atomic E-state index is -3.40. The quantitative estimate of drug-likeness (QED) is 0.253. The number of hydrogen-bond donors (Lipinski definition) is 4. The monoisotopic (exact) mass is 568 g/mol. The molecular formula is C31H38O6P2. The Hall–Kier alpha value is -2.82. The van der Waals surface area contributed by atoms with Crippen LogP contribution in [0.15, 0.2) is 121 Å². The first-order valence-electron chi connectivity index (χ1n) is 12.6. The van der Waals surface area contributed by atoms with Crippen molar-refractivity contribution in [2.45, 2.75) is 39.9 Å². The van der Waals surface area contributed by atoms with Gasteiger partial charge in [0.15, 0.2) is 0 Å². The molecule has 208 valence electrons. The second-order valence-corrected chi connectivity index (χ2v) is 14.0. The van der Waals surface area contributed by atoms with Crippen molar-refractivity contribution in [1.29, 1.82) is 0 Å². The molecule has 4 rings (SSSR count). The van der Waals surface area contributed by atoms with Crippen molar-refractivity contribution in [1.82, 2.24) is 0 Å². The molecule has 0 amide bonds. The van der Waals surface area contributed by atoms with Gasteiger partial charge in [-0.1, -0.05) is 86.6 Å². The lowest BCUT2D eigenvalue weighted by Crippen LogP contribution is -2.36. The lowest BCUT2D eigenvalue weighted by molar-refractivity contribution is -0.0289. The Morgan fingerprint density at radius 3 is 0.795 bits per heavy atom. The van der Waals surface area contributed by atoms with Crippen LogP contribution in [0.3, 0.4) is 0 Å². The van der Waals surface area contributed by atoms with E-state index < -0.39 is 26.9 Å². The fourth-order valence-corrected chi connectivity index (χ4v) is 6.07. The lowest BCUT2D eigenvalue weighted by atomic mass is 9.82. The number of rotatable bonds is 6. The number of aliphatic hydroxyl groups excluding tert-OH is 2. The first-order valence-corrected chi connectivity index (χ1v) is 15.9. The third-order valence-corrected chi connectivity index (χ3v) is 10.6. The largest absolute Gasteiger partial charge is 0.393 e. The van der Waals surface area contributed by atoms with Crippen molar-refractivity contribution < 1.29 is 29.1 Å². The first kappa shape index (κ1) is 32.4. The zero-order valence-electron chi connectivity index (χ0n) is 22.7.